The molecule has 4 heterocycles. The fraction of sp³-hybridized carbons (Fsp3) is 0.146. The maximum absolute atomic E-state index is 5.55. The van der Waals surface area contributed by atoms with E-state index in [1.54, 1.807) is 11.3 Å². The Morgan fingerprint density at radius 2 is 1.28 bits per heavy atom. The van der Waals surface area contributed by atoms with Gasteiger partial charge in [0.2, 0.25) is 0 Å². The van der Waals surface area contributed by atoms with Crippen LogP contribution in [0.4, 0.5) is 0 Å². The maximum Gasteiger partial charge on any atom is 0.147 e. The fourth-order valence-corrected chi connectivity index (χ4v) is 9.60. The van der Waals surface area contributed by atoms with Crippen molar-refractivity contribution in [2.75, 3.05) is 0 Å². The highest BCUT2D eigenvalue weighted by Crippen LogP contribution is 2.46. The van der Waals surface area contributed by atoms with E-state index in [0.29, 0.717) is 0 Å². The van der Waals surface area contributed by atoms with Gasteiger partial charge in [-0.1, -0.05) is 131 Å². The lowest BCUT2D eigenvalue weighted by atomic mass is 9.81. The van der Waals surface area contributed by atoms with E-state index in [-0.39, 0.29) is 11.3 Å². The molecule has 4 nitrogen and oxygen atoms in total. The molecule has 0 unspecified atom stereocenters. The second-order valence-corrected chi connectivity index (χ2v) is 16.1. The zero-order chi connectivity index (χ0) is 36.0. The first kappa shape index (κ1) is 31.8. The minimum Gasteiger partial charge on any atom is -0.289 e. The molecule has 0 aliphatic rings. The molecule has 10 aromatic rings. The third kappa shape index (κ3) is 4.77. The molecule has 0 saturated heterocycles. The molecular weight excluding hydrogens is 665 g/mol. The molecule has 0 radical (unpaired) electrons. The highest BCUT2D eigenvalue weighted by molar-refractivity contribution is 7.26. The van der Waals surface area contributed by atoms with E-state index in [4.69, 9.17) is 15.0 Å². The number of hydrogen-bond donors (Lipinski definition) is 0. The third-order valence-corrected chi connectivity index (χ3v) is 12.3. The number of imidazole rings is 1. The molecule has 0 N–H and O–H groups in total. The van der Waals surface area contributed by atoms with Gasteiger partial charge in [-0.25, -0.2) is 9.97 Å². The van der Waals surface area contributed by atoms with Crippen LogP contribution in [-0.2, 0) is 5.41 Å². The van der Waals surface area contributed by atoms with Crippen molar-refractivity contribution in [1.82, 2.24) is 19.5 Å². The maximum atomic E-state index is 5.55. The molecule has 256 valence electrons. The van der Waals surface area contributed by atoms with Crippen LogP contribution in [0.25, 0.3) is 80.9 Å². The Balaban J connectivity index is 1.33. The Labute approximate surface area is 312 Å². The second kappa shape index (κ2) is 11.8. The van der Waals surface area contributed by atoms with Crippen LogP contribution in [0.1, 0.15) is 56.1 Å². The number of pyridine rings is 2. The number of nitrogens with zero attached hydrogens (tertiary/aromatic N) is 4. The summed E-state index contributed by atoms with van der Waals surface area (Å²) in [5.74, 6) is 1.16. The number of rotatable bonds is 5. The highest BCUT2D eigenvalue weighted by Gasteiger charge is 2.28. The van der Waals surface area contributed by atoms with Crippen LogP contribution in [0.2, 0.25) is 0 Å². The minimum absolute atomic E-state index is 0.237. The van der Waals surface area contributed by atoms with E-state index < -0.39 is 0 Å². The van der Waals surface area contributed by atoms with Crippen molar-refractivity contribution in [3.8, 4) is 17.1 Å². The monoisotopic (exact) mass is 702 g/mol. The summed E-state index contributed by atoms with van der Waals surface area (Å²) >= 11 is 1.77. The Hall–Kier alpha value is -5.91. The zero-order valence-electron chi connectivity index (χ0n) is 30.5. The zero-order valence-corrected chi connectivity index (χ0v) is 31.3. The van der Waals surface area contributed by atoms with Gasteiger partial charge >= 0.3 is 0 Å². The second-order valence-electron chi connectivity index (χ2n) is 15.1. The molecule has 0 amide bonds. The van der Waals surface area contributed by atoms with Crippen molar-refractivity contribution in [2.45, 2.75) is 46.0 Å². The molecule has 0 atom stereocenters. The number of benzene rings is 6. The van der Waals surface area contributed by atoms with Crippen LogP contribution in [-0.4, -0.2) is 19.5 Å². The number of hydrogen-bond acceptors (Lipinski definition) is 4. The molecular formula is C48H38N4S. The molecule has 0 aliphatic carbocycles. The topological polar surface area (TPSA) is 43.6 Å². The van der Waals surface area contributed by atoms with Crippen LogP contribution >= 0.6 is 11.3 Å². The van der Waals surface area contributed by atoms with Gasteiger partial charge in [-0.05, 0) is 70.5 Å². The Morgan fingerprint density at radius 3 is 2.06 bits per heavy atom. The molecule has 5 heteroatoms. The SMILES string of the molecule is Cc1ccc2ccc3nc(-c4cccc5c4sc4nc(C(C)(C)c6ccccc6)ccc45)n(-c4c(C(C)C)c5ccccc5c5ccccc45)c3c2n1. The lowest BCUT2D eigenvalue weighted by molar-refractivity contribution is 0.620. The van der Waals surface area contributed by atoms with Crippen molar-refractivity contribution >= 4 is 75.1 Å². The molecule has 0 bridgehead atoms. The summed E-state index contributed by atoms with van der Waals surface area (Å²) in [7, 11) is 0. The molecule has 0 aliphatic heterocycles. The standard InChI is InChI=1S/C48H38N4S/c1-28(2)41-34-18-11-9-16-32(34)33-17-10-12-19-35(33)43(41)52-44-39(26-24-30-23-22-29(3)49-42(30)44)50-46(52)38-21-13-20-36-37-25-27-40(51-47(37)53-45(36)38)48(4,5)31-14-7-6-8-15-31/h6-28H,1-5H3. The summed E-state index contributed by atoms with van der Waals surface area (Å²) in [5, 5.41) is 8.45. The van der Waals surface area contributed by atoms with E-state index in [0.717, 1.165) is 49.5 Å². The lowest BCUT2D eigenvalue weighted by Gasteiger charge is -2.24. The number of fused-ring (bicyclic) bond motifs is 9. The van der Waals surface area contributed by atoms with E-state index in [2.05, 4.69) is 173 Å². The van der Waals surface area contributed by atoms with Gasteiger partial charge in [0.05, 0.1) is 27.9 Å². The van der Waals surface area contributed by atoms with Gasteiger partial charge in [0.25, 0.3) is 0 Å². The molecule has 10 rings (SSSR count). The molecule has 6 aromatic carbocycles. The van der Waals surface area contributed by atoms with Crippen LogP contribution < -0.4 is 0 Å². The van der Waals surface area contributed by atoms with Gasteiger partial charge < -0.3 is 0 Å². The number of aromatic nitrogens is 4. The predicted octanol–water partition coefficient (Wildman–Crippen LogP) is 13.1. The first-order chi connectivity index (χ1) is 25.8. The summed E-state index contributed by atoms with van der Waals surface area (Å²) in [6.45, 7) is 11.2. The quantitative estimate of drug-likeness (QED) is 0.168. The van der Waals surface area contributed by atoms with Crippen LogP contribution in [0.3, 0.4) is 0 Å². The van der Waals surface area contributed by atoms with Crippen LogP contribution in [0.5, 0.6) is 0 Å². The molecule has 53 heavy (non-hydrogen) atoms. The minimum atomic E-state index is -0.237. The van der Waals surface area contributed by atoms with Gasteiger partial charge in [-0.15, -0.1) is 11.3 Å². The van der Waals surface area contributed by atoms with Gasteiger partial charge in [-0.2, -0.15) is 0 Å². The summed E-state index contributed by atoms with van der Waals surface area (Å²) in [5.41, 5.74) is 9.57. The van der Waals surface area contributed by atoms with E-state index in [9.17, 15) is 0 Å². The van der Waals surface area contributed by atoms with E-state index >= 15 is 0 Å². The smallest absolute Gasteiger partial charge is 0.147 e. The van der Waals surface area contributed by atoms with E-state index in [1.807, 2.05) is 0 Å². The van der Waals surface area contributed by atoms with Crippen molar-refractivity contribution in [2.24, 2.45) is 0 Å². The average Bonchev–Trinajstić information content (AvgIpc) is 3.76. The normalized spacial score (nSPS) is 12.4. The van der Waals surface area contributed by atoms with Gasteiger partial charge in [0.15, 0.2) is 0 Å². The Kier molecular flexibility index (Phi) is 7.08. The highest BCUT2D eigenvalue weighted by atomic mass is 32.1. The van der Waals surface area contributed by atoms with Crippen LogP contribution in [0.15, 0.2) is 133 Å². The molecule has 0 saturated carbocycles. The van der Waals surface area contributed by atoms with Gasteiger partial charge in [-0.3, -0.25) is 9.55 Å². The van der Waals surface area contributed by atoms with E-state index in [1.165, 1.54) is 53.8 Å². The first-order valence-electron chi connectivity index (χ1n) is 18.4. The summed E-state index contributed by atoms with van der Waals surface area (Å²) in [6, 6.07) is 48.1. The first-order valence-corrected chi connectivity index (χ1v) is 19.2. The Morgan fingerprint density at radius 1 is 0.604 bits per heavy atom. The Bertz CT molecular complexity index is 3080. The van der Waals surface area contributed by atoms with Crippen LogP contribution in [0, 0.1) is 6.92 Å². The van der Waals surface area contributed by atoms with Gasteiger partial charge in [0, 0.05) is 42.9 Å². The molecule has 0 fully saturated rings. The summed E-state index contributed by atoms with van der Waals surface area (Å²) in [6.07, 6.45) is 0. The summed E-state index contributed by atoms with van der Waals surface area (Å²) in [4.78, 5) is 17.2. The van der Waals surface area contributed by atoms with Crippen molar-refractivity contribution in [1.29, 1.82) is 0 Å². The molecule has 0 spiro atoms. The molecule has 4 aromatic heterocycles. The fourth-order valence-electron chi connectivity index (χ4n) is 8.42. The van der Waals surface area contributed by atoms with Gasteiger partial charge in [0.1, 0.15) is 10.7 Å². The lowest BCUT2D eigenvalue weighted by Crippen LogP contribution is -2.20. The average molecular weight is 703 g/mol. The number of aryl methyl sites for hydroxylation is 1. The third-order valence-electron chi connectivity index (χ3n) is 11.1. The summed E-state index contributed by atoms with van der Waals surface area (Å²) < 4.78 is 3.64. The number of thiophene rings is 1. The van der Waals surface area contributed by atoms with Crippen molar-refractivity contribution in [3.63, 3.8) is 0 Å². The predicted molar refractivity (Wildman–Crippen MR) is 225 cm³/mol. The van der Waals surface area contributed by atoms with Crippen molar-refractivity contribution in [3.05, 3.63) is 156 Å². The largest absolute Gasteiger partial charge is 0.289 e. The van der Waals surface area contributed by atoms with Crippen molar-refractivity contribution < 1.29 is 0 Å².